The molecule has 0 bridgehead atoms. The first-order chi connectivity index (χ1) is 16.5. The number of aromatic nitrogens is 3. The molecule has 0 aliphatic rings. The molecule has 0 spiro atoms. The van der Waals surface area contributed by atoms with Gasteiger partial charge in [-0.05, 0) is 71.4 Å². The fourth-order valence-electron chi connectivity index (χ4n) is 3.96. The van der Waals surface area contributed by atoms with Gasteiger partial charge in [0.15, 0.2) is 0 Å². The van der Waals surface area contributed by atoms with Gasteiger partial charge in [0, 0.05) is 29.7 Å². The highest BCUT2D eigenvalue weighted by atomic mass is 32.2. The van der Waals surface area contributed by atoms with Crippen LogP contribution in [0.15, 0.2) is 35.2 Å². The summed E-state index contributed by atoms with van der Waals surface area (Å²) in [6.07, 6.45) is 0. The minimum absolute atomic E-state index is 0.0125. The van der Waals surface area contributed by atoms with Crippen molar-refractivity contribution in [3.63, 3.8) is 0 Å². The van der Waals surface area contributed by atoms with E-state index in [1.54, 1.807) is 39.2 Å². The lowest BCUT2D eigenvalue weighted by atomic mass is 10.1. The first-order valence-corrected chi connectivity index (χ1v) is 12.6. The van der Waals surface area contributed by atoms with Gasteiger partial charge in [-0.15, -0.1) is 0 Å². The molecule has 0 unspecified atom stereocenters. The molecule has 2 N–H and O–H groups in total. The molecule has 0 radical (unpaired) electrons. The van der Waals surface area contributed by atoms with Crippen LogP contribution in [-0.2, 0) is 21.3 Å². The Labute approximate surface area is 204 Å². The number of rotatable bonds is 8. The second-order valence-electron chi connectivity index (χ2n) is 7.92. The number of esters is 1. The normalized spacial score (nSPS) is 11.3. The molecule has 2 heterocycles. The van der Waals surface area contributed by atoms with E-state index in [0.29, 0.717) is 46.3 Å². The summed E-state index contributed by atoms with van der Waals surface area (Å²) in [5.74, 6) is -0.255. The third-order valence-corrected chi connectivity index (χ3v) is 6.78. The summed E-state index contributed by atoms with van der Waals surface area (Å²) in [6.45, 7) is 11.2. The maximum Gasteiger partial charge on any atom is 0.355 e. The average Bonchev–Trinajstić information content (AvgIpc) is 3.02. The summed E-state index contributed by atoms with van der Waals surface area (Å²) in [6, 6.07) is 7.31. The van der Waals surface area contributed by atoms with Crippen molar-refractivity contribution in [2.24, 2.45) is 0 Å². The molecule has 0 saturated heterocycles. The van der Waals surface area contributed by atoms with Crippen molar-refractivity contribution in [3.05, 3.63) is 64.4 Å². The van der Waals surface area contributed by atoms with Crippen LogP contribution in [0.25, 0.3) is 0 Å². The summed E-state index contributed by atoms with van der Waals surface area (Å²) < 4.78 is 34.9. The third-order valence-electron chi connectivity index (χ3n) is 5.41. The lowest BCUT2D eigenvalue weighted by Gasteiger charge is -2.10. The Morgan fingerprint density at radius 2 is 1.69 bits per heavy atom. The number of hydrogen-bond acceptors (Lipinski definition) is 7. The van der Waals surface area contributed by atoms with Crippen molar-refractivity contribution >= 4 is 33.4 Å². The Kier molecular flexibility index (Phi) is 7.59. The molecule has 2 aromatic heterocycles. The summed E-state index contributed by atoms with van der Waals surface area (Å²) in [5.41, 5.74) is 2.94. The monoisotopic (exact) mass is 499 g/mol. The first kappa shape index (κ1) is 25.9. The molecule has 1 amide bonds. The van der Waals surface area contributed by atoms with Gasteiger partial charge in [-0.25, -0.2) is 23.2 Å². The van der Waals surface area contributed by atoms with Gasteiger partial charge in [-0.2, -0.15) is 0 Å². The zero-order valence-corrected chi connectivity index (χ0v) is 21.4. The Morgan fingerprint density at radius 3 is 2.26 bits per heavy atom. The van der Waals surface area contributed by atoms with E-state index in [1.165, 1.54) is 30.3 Å². The van der Waals surface area contributed by atoms with E-state index in [0.717, 1.165) is 0 Å². The lowest BCUT2D eigenvalue weighted by molar-refractivity contribution is 0.0512. The van der Waals surface area contributed by atoms with Crippen molar-refractivity contribution in [1.82, 2.24) is 14.5 Å². The smallest absolute Gasteiger partial charge is 0.355 e. The number of benzene rings is 1. The Morgan fingerprint density at radius 1 is 1.03 bits per heavy atom. The largest absolute Gasteiger partial charge is 0.461 e. The van der Waals surface area contributed by atoms with E-state index in [9.17, 15) is 18.0 Å². The molecule has 1 aromatic carbocycles. The lowest BCUT2D eigenvalue weighted by Crippen LogP contribution is -2.16. The molecule has 3 rings (SSSR count). The topological polar surface area (TPSA) is 132 Å². The summed E-state index contributed by atoms with van der Waals surface area (Å²) in [7, 11) is -3.89. The molecule has 186 valence electrons. The highest BCUT2D eigenvalue weighted by Gasteiger charge is 2.26. The number of carbonyl (C=O) groups excluding carboxylic acids is 2. The standard InChI is InChI=1S/C24H29N5O5S/c1-7-29-16(5)21(15(4)22(29)24(31)34-8-2)23(30)27-18-9-11-19(12-10-18)35(32,33)28-20-13-14(3)25-17(6)26-20/h9-13H,7-8H2,1-6H3,(H,27,30)(H,25,26,28). The maximum atomic E-state index is 13.1. The van der Waals surface area contributed by atoms with Crippen LogP contribution in [0.3, 0.4) is 0 Å². The van der Waals surface area contributed by atoms with E-state index < -0.39 is 21.9 Å². The van der Waals surface area contributed by atoms with Crippen molar-refractivity contribution in [2.45, 2.75) is 53.0 Å². The first-order valence-electron chi connectivity index (χ1n) is 11.1. The van der Waals surface area contributed by atoms with E-state index in [1.807, 2.05) is 6.92 Å². The predicted octanol–water partition coefficient (Wildman–Crippen LogP) is 3.76. The molecular weight excluding hydrogens is 470 g/mol. The third kappa shape index (κ3) is 5.51. The van der Waals surface area contributed by atoms with Gasteiger partial charge in [0.1, 0.15) is 17.3 Å². The number of aryl methyl sites for hydroxylation is 2. The number of ether oxygens (including phenoxy) is 1. The van der Waals surface area contributed by atoms with Gasteiger partial charge in [-0.1, -0.05) is 0 Å². The van der Waals surface area contributed by atoms with Gasteiger partial charge >= 0.3 is 5.97 Å². The molecule has 0 fully saturated rings. The molecular formula is C24H29N5O5S. The van der Waals surface area contributed by atoms with Gasteiger partial charge in [-0.3, -0.25) is 9.52 Å². The van der Waals surface area contributed by atoms with E-state index in [4.69, 9.17) is 4.74 Å². The van der Waals surface area contributed by atoms with Gasteiger partial charge in [0.05, 0.1) is 17.1 Å². The van der Waals surface area contributed by atoms with Crippen molar-refractivity contribution < 1.29 is 22.7 Å². The van der Waals surface area contributed by atoms with Crippen LogP contribution in [0.4, 0.5) is 11.5 Å². The minimum Gasteiger partial charge on any atom is -0.461 e. The predicted molar refractivity (Wildman–Crippen MR) is 132 cm³/mol. The molecule has 0 atom stereocenters. The molecule has 0 saturated carbocycles. The molecule has 0 aliphatic carbocycles. The second-order valence-corrected chi connectivity index (χ2v) is 9.61. The summed E-state index contributed by atoms with van der Waals surface area (Å²) in [4.78, 5) is 33.8. The highest BCUT2D eigenvalue weighted by molar-refractivity contribution is 7.92. The number of sulfonamides is 1. The zero-order chi connectivity index (χ0) is 25.9. The number of nitrogens with zero attached hydrogens (tertiary/aromatic N) is 3. The fraction of sp³-hybridized carbons (Fsp3) is 0.333. The summed E-state index contributed by atoms with van der Waals surface area (Å²) >= 11 is 0. The maximum absolute atomic E-state index is 13.1. The van der Waals surface area contributed by atoms with Gasteiger partial charge < -0.3 is 14.6 Å². The van der Waals surface area contributed by atoms with E-state index in [2.05, 4.69) is 20.0 Å². The Balaban J connectivity index is 1.82. The van der Waals surface area contributed by atoms with Gasteiger partial charge in [0.2, 0.25) is 0 Å². The fourth-order valence-corrected chi connectivity index (χ4v) is 4.96. The van der Waals surface area contributed by atoms with Crippen LogP contribution >= 0.6 is 0 Å². The Hall–Kier alpha value is -3.73. The van der Waals surface area contributed by atoms with Crippen LogP contribution in [0.1, 0.15) is 57.5 Å². The van der Waals surface area contributed by atoms with E-state index in [-0.39, 0.29) is 17.3 Å². The molecule has 11 heteroatoms. The van der Waals surface area contributed by atoms with Crippen LogP contribution in [0.2, 0.25) is 0 Å². The summed E-state index contributed by atoms with van der Waals surface area (Å²) in [5, 5.41) is 2.78. The highest BCUT2D eigenvalue weighted by Crippen LogP contribution is 2.25. The SMILES string of the molecule is CCOC(=O)c1c(C)c(C(=O)Nc2ccc(S(=O)(=O)Nc3cc(C)nc(C)n3)cc2)c(C)n1CC. The molecule has 10 nitrogen and oxygen atoms in total. The van der Waals surface area contributed by atoms with Crippen LogP contribution in [0.5, 0.6) is 0 Å². The average molecular weight is 500 g/mol. The number of hydrogen-bond donors (Lipinski definition) is 2. The van der Waals surface area contributed by atoms with Crippen molar-refractivity contribution in [1.29, 1.82) is 0 Å². The van der Waals surface area contributed by atoms with Crippen molar-refractivity contribution in [3.8, 4) is 0 Å². The Bertz CT molecular complexity index is 1360. The second kappa shape index (κ2) is 10.3. The zero-order valence-electron chi connectivity index (χ0n) is 20.6. The van der Waals surface area contributed by atoms with E-state index >= 15 is 0 Å². The quantitative estimate of drug-likeness (QED) is 0.451. The van der Waals surface area contributed by atoms with Crippen LogP contribution in [-0.4, -0.2) is 41.4 Å². The van der Waals surface area contributed by atoms with Crippen molar-refractivity contribution in [2.75, 3.05) is 16.6 Å². The minimum atomic E-state index is -3.89. The molecule has 35 heavy (non-hydrogen) atoms. The molecule has 0 aliphatic heterocycles. The molecule has 3 aromatic rings. The van der Waals surface area contributed by atoms with Crippen LogP contribution in [0, 0.1) is 27.7 Å². The number of carbonyl (C=O) groups is 2. The van der Waals surface area contributed by atoms with Crippen LogP contribution < -0.4 is 10.0 Å². The number of amides is 1. The van der Waals surface area contributed by atoms with Gasteiger partial charge in [0.25, 0.3) is 15.9 Å². The number of nitrogens with one attached hydrogen (secondary N) is 2. The number of anilines is 2.